The summed E-state index contributed by atoms with van der Waals surface area (Å²) in [5, 5.41) is 9.12. The fourth-order valence-electron chi connectivity index (χ4n) is 4.34. The lowest BCUT2D eigenvalue weighted by atomic mass is 9.88. The van der Waals surface area contributed by atoms with Crippen molar-refractivity contribution in [1.82, 2.24) is 0 Å². The third kappa shape index (κ3) is 3.78. The van der Waals surface area contributed by atoms with Gasteiger partial charge in [-0.3, -0.25) is 4.79 Å². The van der Waals surface area contributed by atoms with E-state index in [0.29, 0.717) is 12.8 Å². The molecule has 0 radical (unpaired) electrons. The van der Waals surface area contributed by atoms with Gasteiger partial charge in [0.1, 0.15) is 6.61 Å². The molecule has 4 atom stereocenters. The highest BCUT2D eigenvalue weighted by Crippen LogP contribution is 2.58. The molecule has 0 saturated heterocycles. The van der Waals surface area contributed by atoms with Gasteiger partial charge in [-0.05, 0) is 31.1 Å². The first-order valence-electron chi connectivity index (χ1n) is 8.44. The maximum absolute atomic E-state index is 12.7. The molecule has 0 aliphatic heterocycles. The molecule has 0 amide bonds. The largest absolute Gasteiger partial charge is 0.503 e. The van der Waals surface area contributed by atoms with Gasteiger partial charge in [-0.15, -0.1) is 0 Å². The fraction of sp³-hybridized carbons (Fsp3) is 0.933. The van der Waals surface area contributed by atoms with Crippen molar-refractivity contribution in [3.63, 3.8) is 0 Å². The van der Waals surface area contributed by atoms with Gasteiger partial charge in [-0.25, -0.2) is 0 Å². The van der Waals surface area contributed by atoms with E-state index in [4.69, 9.17) is 18.4 Å². The molecule has 2 saturated carbocycles. The van der Waals surface area contributed by atoms with Crippen LogP contribution < -0.4 is 0 Å². The van der Waals surface area contributed by atoms with Gasteiger partial charge in [0.05, 0.1) is 5.92 Å². The lowest BCUT2D eigenvalue weighted by Crippen LogP contribution is -2.60. The molecule has 4 unspecified atom stereocenters. The Morgan fingerprint density at radius 2 is 1.46 bits per heavy atom. The first kappa shape index (κ1) is 23.4. The Labute approximate surface area is 158 Å². The summed E-state index contributed by atoms with van der Waals surface area (Å²) >= 11 is 0. The minimum atomic E-state index is -6.05. The maximum Gasteiger partial charge on any atom is 0.503 e. The van der Waals surface area contributed by atoms with E-state index in [9.17, 15) is 31.1 Å². The quantitative estimate of drug-likeness (QED) is 0.373. The summed E-state index contributed by atoms with van der Waals surface area (Å²) in [4.78, 5) is 12.3. The number of carbonyl (C=O) groups is 1. The van der Waals surface area contributed by atoms with Crippen LogP contribution in [0.3, 0.4) is 0 Å². The molecule has 6 nitrogen and oxygen atoms in total. The van der Waals surface area contributed by atoms with Crippen molar-refractivity contribution < 1.29 is 54.3 Å². The second-order valence-corrected chi connectivity index (χ2v) is 10.3. The summed E-state index contributed by atoms with van der Waals surface area (Å²) in [6.07, 6.45) is -10.7. The van der Waals surface area contributed by atoms with Crippen LogP contribution in [0.4, 0.5) is 26.3 Å². The van der Waals surface area contributed by atoms with Gasteiger partial charge in [-0.1, -0.05) is 0 Å². The van der Waals surface area contributed by atoms with Crippen molar-refractivity contribution in [2.45, 2.75) is 42.8 Å². The number of aliphatic hydroxyl groups is 1. The molecule has 0 spiro atoms. The standard InChI is InChI=1S/C15H22F6O6Si/c1-24-28(25-2,26-3)11-6-8-4-9(11)10(5-8)12(22)27-7-13(23,14(16,17)18)15(19,20)21/h8-11,23H,4-7H2,1-3H3. The first-order chi connectivity index (χ1) is 12.8. The highest BCUT2D eigenvalue weighted by molar-refractivity contribution is 6.62. The van der Waals surface area contributed by atoms with E-state index in [2.05, 4.69) is 4.74 Å². The average Bonchev–Trinajstić information content (AvgIpc) is 3.20. The number of hydrogen-bond donors (Lipinski definition) is 1. The average molecular weight is 440 g/mol. The van der Waals surface area contributed by atoms with Crippen LogP contribution in [0.1, 0.15) is 19.3 Å². The molecular weight excluding hydrogens is 418 g/mol. The molecule has 0 heterocycles. The SMILES string of the molecule is CO[Si](OC)(OC)C1CC2CC(C(=O)OCC(O)(C(F)(F)F)C(F)(F)F)C1C2. The lowest BCUT2D eigenvalue weighted by molar-refractivity contribution is -0.375. The Balaban J connectivity index is 2.13. The van der Waals surface area contributed by atoms with Gasteiger partial charge >= 0.3 is 27.1 Å². The molecule has 0 aromatic carbocycles. The Morgan fingerprint density at radius 1 is 0.964 bits per heavy atom. The van der Waals surface area contributed by atoms with E-state index in [0.717, 1.165) is 0 Å². The summed E-state index contributed by atoms with van der Waals surface area (Å²) in [6, 6.07) is 0. The minimum absolute atomic E-state index is 0.0315. The number of fused-ring (bicyclic) bond motifs is 2. The molecule has 2 rings (SSSR count). The number of esters is 1. The Morgan fingerprint density at radius 3 is 1.86 bits per heavy atom. The van der Waals surface area contributed by atoms with Crippen LogP contribution in [0, 0.1) is 17.8 Å². The van der Waals surface area contributed by atoms with E-state index < -0.39 is 51.2 Å². The second-order valence-electron chi connectivity index (χ2n) is 7.13. The van der Waals surface area contributed by atoms with E-state index in [-0.39, 0.29) is 17.9 Å². The van der Waals surface area contributed by atoms with Gasteiger partial charge in [0.25, 0.3) is 5.60 Å². The van der Waals surface area contributed by atoms with E-state index >= 15 is 0 Å². The number of halogens is 6. The number of ether oxygens (including phenoxy) is 1. The molecule has 164 valence electrons. The Bertz CT molecular complexity index is 556. The number of rotatable bonds is 7. The van der Waals surface area contributed by atoms with Crippen molar-refractivity contribution in [2.75, 3.05) is 27.9 Å². The van der Waals surface area contributed by atoms with E-state index in [1.807, 2.05) is 0 Å². The molecule has 2 bridgehead atoms. The second kappa shape index (κ2) is 7.74. The number of hydrogen-bond acceptors (Lipinski definition) is 6. The van der Waals surface area contributed by atoms with Crippen LogP contribution >= 0.6 is 0 Å². The first-order valence-corrected chi connectivity index (χ1v) is 10.2. The predicted octanol–water partition coefficient (Wildman–Crippen LogP) is 2.68. The molecule has 0 aromatic heterocycles. The van der Waals surface area contributed by atoms with Crippen molar-refractivity contribution in [3.05, 3.63) is 0 Å². The molecule has 13 heteroatoms. The number of alkyl halides is 6. The molecule has 0 aromatic rings. The molecule has 2 fully saturated rings. The van der Waals surface area contributed by atoms with E-state index in [1.54, 1.807) is 0 Å². The third-order valence-corrected chi connectivity index (χ3v) is 9.06. The van der Waals surface area contributed by atoms with Gasteiger partial charge in [0, 0.05) is 26.9 Å². The van der Waals surface area contributed by atoms with Crippen LogP contribution in [0.5, 0.6) is 0 Å². The van der Waals surface area contributed by atoms with Crippen molar-refractivity contribution >= 4 is 14.8 Å². The zero-order valence-corrected chi connectivity index (χ0v) is 16.4. The summed E-state index contributed by atoms with van der Waals surface area (Å²) in [7, 11) is 0.979. The maximum atomic E-state index is 12.7. The fourth-order valence-corrected chi connectivity index (χ4v) is 7.26. The van der Waals surface area contributed by atoms with Gasteiger partial charge in [0.2, 0.25) is 0 Å². The number of carbonyl (C=O) groups excluding carboxylic acids is 1. The van der Waals surface area contributed by atoms with Crippen LogP contribution in [-0.2, 0) is 22.8 Å². The summed E-state index contributed by atoms with van der Waals surface area (Å²) in [5.74, 6) is -2.50. The summed E-state index contributed by atoms with van der Waals surface area (Å²) < 4.78 is 96.9. The molecular formula is C15H22F6O6Si. The third-order valence-electron chi connectivity index (χ3n) is 5.79. The van der Waals surface area contributed by atoms with Gasteiger partial charge in [-0.2, -0.15) is 26.3 Å². The highest BCUT2D eigenvalue weighted by Gasteiger charge is 2.71. The topological polar surface area (TPSA) is 74.2 Å². The smallest absolute Gasteiger partial charge is 0.462 e. The van der Waals surface area contributed by atoms with Crippen molar-refractivity contribution in [2.24, 2.45) is 17.8 Å². The predicted molar refractivity (Wildman–Crippen MR) is 82.9 cm³/mol. The molecule has 2 aliphatic rings. The zero-order valence-electron chi connectivity index (χ0n) is 15.4. The highest BCUT2D eigenvalue weighted by atomic mass is 28.4. The van der Waals surface area contributed by atoms with E-state index in [1.165, 1.54) is 21.3 Å². The molecule has 1 N–H and O–H groups in total. The summed E-state index contributed by atoms with van der Waals surface area (Å²) in [5.41, 5.74) is -5.45. The molecule has 28 heavy (non-hydrogen) atoms. The Kier molecular flexibility index (Phi) is 6.47. The molecule has 2 aliphatic carbocycles. The van der Waals surface area contributed by atoms with Crippen molar-refractivity contribution in [3.8, 4) is 0 Å². The van der Waals surface area contributed by atoms with Crippen molar-refractivity contribution in [1.29, 1.82) is 0 Å². The Hall–Kier alpha value is -0.893. The van der Waals surface area contributed by atoms with Crippen LogP contribution in [-0.4, -0.2) is 65.8 Å². The minimum Gasteiger partial charge on any atom is -0.462 e. The van der Waals surface area contributed by atoms with Crippen LogP contribution in [0.15, 0.2) is 0 Å². The zero-order chi connectivity index (χ0) is 21.5. The van der Waals surface area contributed by atoms with Gasteiger partial charge < -0.3 is 23.1 Å². The van der Waals surface area contributed by atoms with Gasteiger partial charge in [0.15, 0.2) is 0 Å². The normalized spacial score (nSPS) is 28.6. The van der Waals surface area contributed by atoms with Crippen LogP contribution in [0.25, 0.3) is 0 Å². The monoisotopic (exact) mass is 440 g/mol. The summed E-state index contributed by atoms with van der Waals surface area (Å²) in [6.45, 7) is -2.25. The lowest BCUT2D eigenvalue weighted by Gasteiger charge is -2.37. The van der Waals surface area contributed by atoms with Crippen LogP contribution in [0.2, 0.25) is 5.54 Å².